The van der Waals surface area contributed by atoms with Gasteiger partial charge in [0.1, 0.15) is 18.4 Å². The van der Waals surface area contributed by atoms with Crippen molar-refractivity contribution in [1.29, 1.82) is 0 Å². The number of anilines is 1. The Morgan fingerprint density at radius 2 is 2.14 bits per heavy atom. The van der Waals surface area contributed by atoms with Gasteiger partial charge >= 0.3 is 6.01 Å². The Morgan fingerprint density at radius 3 is 2.81 bits per heavy atom. The third kappa shape index (κ3) is 2.90. The summed E-state index contributed by atoms with van der Waals surface area (Å²) >= 11 is 0. The van der Waals surface area contributed by atoms with Crippen molar-refractivity contribution in [1.82, 2.24) is 34.7 Å². The number of aryl methyl sites for hydroxylation is 1. The van der Waals surface area contributed by atoms with Gasteiger partial charge in [-0.25, -0.2) is 10.8 Å². The summed E-state index contributed by atoms with van der Waals surface area (Å²) in [5.41, 5.74) is 3.23. The van der Waals surface area contributed by atoms with Gasteiger partial charge < -0.3 is 4.74 Å². The fourth-order valence-electron chi connectivity index (χ4n) is 1.49. The van der Waals surface area contributed by atoms with Crippen molar-refractivity contribution >= 4 is 5.95 Å². The van der Waals surface area contributed by atoms with Crippen LogP contribution in [0.4, 0.5) is 5.95 Å². The summed E-state index contributed by atoms with van der Waals surface area (Å²) in [5.74, 6) is 6.21. The molecule has 3 heterocycles. The van der Waals surface area contributed by atoms with E-state index in [2.05, 4.69) is 35.4 Å². The number of aromatic nitrogens is 7. The topological polar surface area (TPSA) is 130 Å². The molecule has 21 heavy (non-hydrogen) atoms. The van der Waals surface area contributed by atoms with Crippen molar-refractivity contribution in [2.45, 2.75) is 6.92 Å². The first-order valence-electron chi connectivity index (χ1n) is 5.93. The lowest BCUT2D eigenvalue weighted by Crippen LogP contribution is -2.14. The van der Waals surface area contributed by atoms with Gasteiger partial charge in [-0.05, 0) is 19.1 Å². The van der Waals surface area contributed by atoms with E-state index >= 15 is 0 Å². The second-order valence-electron chi connectivity index (χ2n) is 3.96. The number of nitrogens with one attached hydrogen (secondary N) is 1. The number of hydrazine groups is 1. The standard InChI is InChI=1S/C11H11N9O/c1-7-2-3-8(4-14-7)21-11-17-9(19-12)16-10(18-11)20-6-13-5-15-20/h2-6H,12H2,1H3,(H,16,17,18,19). The van der Waals surface area contributed by atoms with E-state index in [0.717, 1.165) is 5.69 Å². The molecule has 3 N–H and O–H groups in total. The van der Waals surface area contributed by atoms with E-state index in [1.54, 1.807) is 12.3 Å². The maximum Gasteiger partial charge on any atom is 0.328 e. The molecule has 3 aromatic rings. The summed E-state index contributed by atoms with van der Waals surface area (Å²) < 4.78 is 6.90. The third-order valence-electron chi connectivity index (χ3n) is 2.45. The van der Waals surface area contributed by atoms with Gasteiger partial charge in [0.05, 0.1) is 6.20 Å². The normalized spacial score (nSPS) is 10.4. The highest BCUT2D eigenvalue weighted by atomic mass is 16.5. The lowest BCUT2D eigenvalue weighted by molar-refractivity contribution is 0.436. The molecule has 106 valence electrons. The lowest BCUT2D eigenvalue weighted by Gasteiger charge is -2.07. The van der Waals surface area contributed by atoms with E-state index in [1.165, 1.54) is 17.3 Å². The number of nitrogens with zero attached hydrogens (tertiary/aromatic N) is 7. The summed E-state index contributed by atoms with van der Waals surface area (Å²) in [6.07, 6.45) is 4.39. The Balaban J connectivity index is 1.94. The van der Waals surface area contributed by atoms with Crippen LogP contribution >= 0.6 is 0 Å². The summed E-state index contributed by atoms with van der Waals surface area (Å²) in [6, 6.07) is 3.64. The van der Waals surface area contributed by atoms with Crippen LogP contribution in [0.5, 0.6) is 11.8 Å². The third-order valence-corrected chi connectivity index (χ3v) is 2.45. The van der Waals surface area contributed by atoms with Crippen LogP contribution in [0.25, 0.3) is 5.95 Å². The van der Waals surface area contributed by atoms with E-state index in [9.17, 15) is 0 Å². The van der Waals surface area contributed by atoms with Crippen molar-refractivity contribution in [3.8, 4) is 17.7 Å². The van der Waals surface area contributed by atoms with E-state index < -0.39 is 0 Å². The van der Waals surface area contributed by atoms with Crippen molar-refractivity contribution in [3.05, 3.63) is 36.7 Å². The summed E-state index contributed by atoms with van der Waals surface area (Å²) in [6.45, 7) is 1.88. The number of rotatable bonds is 4. The molecule has 3 rings (SSSR count). The van der Waals surface area contributed by atoms with Crippen LogP contribution in [0, 0.1) is 6.92 Å². The molecule has 0 atom stereocenters. The van der Waals surface area contributed by atoms with Crippen LogP contribution in [-0.2, 0) is 0 Å². The minimum atomic E-state index is 0.0640. The maximum atomic E-state index is 5.53. The molecule has 3 aromatic heterocycles. The van der Waals surface area contributed by atoms with Crippen molar-refractivity contribution in [3.63, 3.8) is 0 Å². The highest BCUT2D eigenvalue weighted by Gasteiger charge is 2.10. The van der Waals surface area contributed by atoms with Gasteiger partial charge in [-0.2, -0.15) is 24.7 Å². The van der Waals surface area contributed by atoms with Gasteiger partial charge in [-0.1, -0.05) is 0 Å². The molecule has 0 fully saturated rings. The number of hydrogen-bond donors (Lipinski definition) is 2. The predicted octanol–water partition coefficient (Wildman–Crippen LogP) is 0.234. The van der Waals surface area contributed by atoms with Crippen LogP contribution in [0.3, 0.4) is 0 Å². The molecule has 0 aliphatic carbocycles. The van der Waals surface area contributed by atoms with Gasteiger partial charge in [0, 0.05) is 5.69 Å². The second-order valence-corrected chi connectivity index (χ2v) is 3.96. The quantitative estimate of drug-likeness (QED) is 0.511. The molecule has 0 radical (unpaired) electrons. The Hall–Kier alpha value is -3.14. The molecule has 0 aliphatic heterocycles. The molecule has 0 saturated heterocycles. The van der Waals surface area contributed by atoms with Crippen molar-refractivity contribution in [2.75, 3.05) is 5.43 Å². The number of pyridine rings is 1. The molecule has 0 unspecified atom stereocenters. The van der Waals surface area contributed by atoms with Crippen LogP contribution in [0.1, 0.15) is 5.69 Å². The van der Waals surface area contributed by atoms with Crippen molar-refractivity contribution in [2.24, 2.45) is 5.84 Å². The first-order valence-corrected chi connectivity index (χ1v) is 5.93. The average molecular weight is 285 g/mol. The Morgan fingerprint density at radius 1 is 1.24 bits per heavy atom. The monoisotopic (exact) mass is 285 g/mol. The minimum absolute atomic E-state index is 0.0640. The fraction of sp³-hybridized carbons (Fsp3) is 0.0909. The zero-order chi connectivity index (χ0) is 14.7. The first kappa shape index (κ1) is 12.9. The van der Waals surface area contributed by atoms with Gasteiger partial charge in [0.25, 0.3) is 5.95 Å². The minimum Gasteiger partial charge on any atom is -0.422 e. The maximum absolute atomic E-state index is 5.53. The summed E-state index contributed by atoms with van der Waals surface area (Å²) in [5, 5.41) is 3.94. The number of ether oxygens (including phenoxy) is 1. The molecule has 0 amide bonds. The van der Waals surface area contributed by atoms with E-state index in [0.29, 0.717) is 5.75 Å². The van der Waals surface area contributed by atoms with Crippen LogP contribution in [0.2, 0.25) is 0 Å². The molecule has 0 spiro atoms. The zero-order valence-corrected chi connectivity index (χ0v) is 11.0. The van der Waals surface area contributed by atoms with Gasteiger partial charge in [-0.3, -0.25) is 10.4 Å². The molecular formula is C11H11N9O. The van der Waals surface area contributed by atoms with E-state index in [-0.39, 0.29) is 17.9 Å². The molecule has 10 nitrogen and oxygen atoms in total. The SMILES string of the molecule is Cc1ccc(Oc2nc(NN)nc(-n3cncn3)n2)cn1. The van der Waals surface area contributed by atoms with E-state index in [4.69, 9.17) is 10.6 Å². The van der Waals surface area contributed by atoms with Crippen LogP contribution in [0.15, 0.2) is 31.0 Å². The second kappa shape index (κ2) is 5.46. The number of nitrogen functional groups attached to an aromatic ring is 1. The summed E-state index contributed by atoms with van der Waals surface area (Å²) in [7, 11) is 0. The zero-order valence-electron chi connectivity index (χ0n) is 11.0. The molecule has 0 bridgehead atoms. The van der Waals surface area contributed by atoms with Gasteiger partial charge in [0.2, 0.25) is 5.95 Å². The fourth-order valence-corrected chi connectivity index (χ4v) is 1.49. The number of nitrogens with two attached hydrogens (primary N) is 1. The average Bonchev–Trinajstić information content (AvgIpc) is 3.04. The Labute approximate surface area is 119 Å². The largest absolute Gasteiger partial charge is 0.422 e. The molecular weight excluding hydrogens is 274 g/mol. The van der Waals surface area contributed by atoms with Gasteiger partial charge in [-0.15, -0.1) is 0 Å². The smallest absolute Gasteiger partial charge is 0.328 e. The highest BCUT2D eigenvalue weighted by Crippen LogP contribution is 2.18. The van der Waals surface area contributed by atoms with Crippen LogP contribution < -0.4 is 16.0 Å². The first-order chi connectivity index (χ1) is 10.2. The van der Waals surface area contributed by atoms with Crippen LogP contribution in [-0.4, -0.2) is 34.7 Å². The predicted molar refractivity (Wildman–Crippen MR) is 71.6 cm³/mol. The summed E-state index contributed by atoms with van der Waals surface area (Å²) in [4.78, 5) is 20.2. The Kier molecular flexibility index (Phi) is 3.35. The number of hydrogen-bond acceptors (Lipinski definition) is 9. The van der Waals surface area contributed by atoms with Crippen molar-refractivity contribution < 1.29 is 4.74 Å². The molecule has 0 aliphatic rings. The molecule has 0 saturated carbocycles. The lowest BCUT2D eigenvalue weighted by atomic mass is 10.4. The Bertz CT molecular complexity index is 726. The molecule has 10 heteroatoms. The van der Waals surface area contributed by atoms with Gasteiger partial charge in [0.15, 0.2) is 0 Å². The van der Waals surface area contributed by atoms with E-state index in [1.807, 2.05) is 13.0 Å². The highest BCUT2D eigenvalue weighted by molar-refractivity contribution is 5.30. The molecule has 0 aromatic carbocycles.